The van der Waals surface area contributed by atoms with Gasteiger partial charge in [-0.05, 0) is 18.6 Å². The van der Waals surface area contributed by atoms with Gasteiger partial charge in [0.1, 0.15) is 6.54 Å². The first-order chi connectivity index (χ1) is 9.73. The summed E-state index contributed by atoms with van der Waals surface area (Å²) in [5.74, 6) is -1.10. The average Bonchev–Trinajstić information content (AvgIpc) is 2.36. The maximum absolute atomic E-state index is 12.3. The van der Waals surface area contributed by atoms with Crippen molar-refractivity contribution < 1.29 is 27.9 Å². The Labute approximate surface area is 119 Å². The Morgan fingerprint density at radius 1 is 1.29 bits per heavy atom. The molecule has 0 unspecified atom stereocenters. The van der Waals surface area contributed by atoms with E-state index in [-0.39, 0.29) is 18.7 Å². The summed E-state index contributed by atoms with van der Waals surface area (Å²) in [6.45, 7) is -0.0582. The van der Waals surface area contributed by atoms with Gasteiger partial charge in [-0.1, -0.05) is 18.2 Å². The van der Waals surface area contributed by atoms with Crippen LogP contribution in [0.15, 0.2) is 24.3 Å². The minimum atomic E-state index is -4.49. The number of carboxylic acids is 1. The van der Waals surface area contributed by atoms with E-state index in [0.717, 1.165) is 0 Å². The van der Waals surface area contributed by atoms with Crippen LogP contribution in [-0.4, -0.2) is 41.3 Å². The number of rotatable bonds is 5. The fourth-order valence-corrected chi connectivity index (χ4v) is 1.70. The van der Waals surface area contributed by atoms with E-state index in [1.807, 2.05) is 0 Å². The lowest BCUT2D eigenvalue weighted by atomic mass is 10.1. The number of carboxylic acid groups (broad SMARTS) is 1. The summed E-state index contributed by atoms with van der Waals surface area (Å²) in [6, 6.07) is 5.15. The molecule has 1 aromatic carbocycles. The molecule has 5 nitrogen and oxygen atoms in total. The zero-order chi connectivity index (χ0) is 16.0. The Bertz CT molecular complexity index is 518. The van der Waals surface area contributed by atoms with E-state index >= 15 is 0 Å². The van der Waals surface area contributed by atoms with E-state index in [1.165, 1.54) is 19.1 Å². The highest BCUT2D eigenvalue weighted by Gasteiger charge is 2.32. The Kier molecular flexibility index (Phi) is 5.57. The van der Waals surface area contributed by atoms with Crippen molar-refractivity contribution in [2.45, 2.75) is 19.5 Å². The fourth-order valence-electron chi connectivity index (χ4n) is 1.70. The molecule has 21 heavy (non-hydrogen) atoms. The van der Waals surface area contributed by atoms with Gasteiger partial charge >= 0.3 is 18.2 Å². The summed E-state index contributed by atoms with van der Waals surface area (Å²) in [5, 5.41) is 11.1. The van der Waals surface area contributed by atoms with Crippen molar-refractivity contribution in [1.29, 1.82) is 0 Å². The maximum atomic E-state index is 12.3. The van der Waals surface area contributed by atoms with E-state index in [9.17, 15) is 22.8 Å². The van der Waals surface area contributed by atoms with Crippen molar-refractivity contribution in [3.63, 3.8) is 0 Å². The first kappa shape index (κ1) is 16.8. The van der Waals surface area contributed by atoms with Crippen LogP contribution in [0.4, 0.5) is 23.7 Å². The van der Waals surface area contributed by atoms with Gasteiger partial charge in [-0.15, -0.1) is 0 Å². The fraction of sp³-hybridized carbons (Fsp3) is 0.385. The average molecular weight is 304 g/mol. The number of amides is 2. The lowest BCUT2D eigenvalue weighted by molar-refractivity contribution is -0.139. The molecule has 0 saturated carbocycles. The standard InChI is InChI=1S/C13H15F3N2O3/c1-2-18(8-13(14,15)16)12(21)17-10-6-4-3-5-9(10)7-11(19)20/h3-6H,2,7-8H2,1H3,(H,17,21)(H,19,20). The van der Waals surface area contributed by atoms with Crippen molar-refractivity contribution in [3.05, 3.63) is 29.8 Å². The summed E-state index contributed by atoms with van der Waals surface area (Å²) in [4.78, 5) is 23.1. The van der Waals surface area contributed by atoms with Gasteiger partial charge < -0.3 is 15.3 Å². The molecule has 0 aliphatic rings. The third-order valence-corrected chi connectivity index (χ3v) is 2.64. The third kappa shape index (κ3) is 5.72. The van der Waals surface area contributed by atoms with Crippen molar-refractivity contribution in [3.8, 4) is 0 Å². The van der Waals surface area contributed by atoms with Gasteiger partial charge in [0.2, 0.25) is 0 Å². The Morgan fingerprint density at radius 3 is 2.43 bits per heavy atom. The van der Waals surface area contributed by atoms with Crippen LogP contribution in [-0.2, 0) is 11.2 Å². The molecule has 2 N–H and O–H groups in total. The van der Waals surface area contributed by atoms with Gasteiger partial charge in [-0.3, -0.25) is 4.79 Å². The number of halogens is 3. The molecule has 8 heteroatoms. The monoisotopic (exact) mass is 304 g/mol. The van der Waals surface area contributed by atoms with Crippen LogP contribution in [0.3, 0.4) is 0 Å². The Morgan fingerprint density at radius 2 is 1.90 bits per heavy atom. The van der Waals surface area contributed by atoms with Crippen LogP contribution in [0.5, 0.6) is 0 Å². The number of urea groups is 1. The quantitative estimate of drug-likeness (QED) is 0.878. The van der Waals surface area contributed by atoms with Crippen LogP contribution in [0.2, 0.25) is 0 Å². The molecule has 0 heterocycles. The van der Waals surface area contributed by atoms with Gasteiger partial charge in [-0.2, -0.15) is 13.2 Å². The first-order valence-corrected chi connectivity index (χ1v) is 6.15. The number of anilines is 1. The molecule has 0 radical (unpaired) electrons. The molecule has 0 aromatic heterocycles. The van der Waals surface area contributed by atoms with Crippen LogP contribution in [0, 0.1) is 0 Å². The van der Waals surface area contributed by atoms with Gasteiger partial charge in [0.05, 0.1) is 6.42 Å². The molecule has 1 aromatic rings. The second-order valence-corrected chi connectivity index (χ2v) is 4.29. The zero-order valence-electron chi connectivity index (χ0n) is 11.3. The van der Waals surface area contributed by atoms with Crippen LogP contribution >= 0.6 is 0 Å². The van der Waals surface area contributed by atoms with Gasteiger partial charge in [0.25, 0.3) is 0 Å². The van der Waals surface area contributed by atoms with Crippen molar-refractivity contribution in [2.24, 2.45) is 0 Å². The number of benzene rings is 1. The largest absolute Gasteiger partial charge is 0.481 e. The van der Waals surface area contributed by atoms with Crippen molar-refractivity contribution in [2.75, 3.05) is 18.4 Å². The molecule has 0 spiro atoms. The molecule has 2 amide bonds. The van der Waals surface area contributed by atoms with Crippen molar-refractivity contribution >= 4 is 17.7 Å². The molecule has 0 atom stereocenters. The SMILES string of the molecule is CCN(CC(F)(F)F)C(=O)Nc1ccccc1CC(=O)O. The predicted molar refractivity (Wildman–Crippen MR) is 70.1 cm³/mol. The number of carbonyl (C=O) groups excluding carboxylic acids is 1. The smallest absolute Gasteiger partial charge is 0.406 e. The summed E-state index contributed by atoms with van der Waals surface area (Å²) in [5.41, 5.74) is 0.506. The van der Waals surface area contributed by atoms with E-state index in [1.54, 1.807) is 12.1 Å². The highest BCUT2D eigenvalue weighted by atomic mass is 19.4. The first-order valence-electron chi connectivity index (χ1n) is 6.15. The Balaban J connectivity index is 2.84. The predicted octanol–water partition coefficient (Wildman–Crippen LogP) is 2.73. The third-order valence-electron chi connectivity index (χ3n) is 2.64. The van der Waals surface area contributed by atoms with Crippen LogP contribution in [0.1, 0.15) is 12.5 Å². The molecule has 0 fully saturated rings. The summed E-state index contributed by atoms with van der Waals surface area (Å²) >= 11 is 0. The zero-order valence-corrected chi connectivity index (χ0v) is 11.3. The molecule has 0 aliphatic heterocycles. The van der Waals surface area contributed by atoms with Gasteiger partial charge in [0.15, 0.2) is 0 Å². The van der Waals surface area contributed by atoms with Crippen molar-refractivity contribution in [1.82, 2.24) is 4.90 Å². The topological polar surface area (TPSA) is 69.6 Å². The Hall–Kier alpha value is -2.25. The maximum Gasteiger partial charge on any atom is 0.406 e. The van der Waals surface area contributed by atoms with Crippen LogP contribution in [0.25, 0.3) is 0 Å². The minimum Gasteiger partial charge on any atom is -0.481 e. The van der Waals surface area contributed by atoms with E-state index in [2.05, 4.69) is 5.32 Å². The van der Waals surface area contributed by atoms with Crippen LogP contribution < -0.4 is 5.32 Å². The van der Waals surface area contributed by atoms with Gasteiger partial charge in [-0.25, -0.2) is 4.79 Å². The van der Waals surface area contributed by atoms with E-state index in [0.29, 0.717) is 10.5 Å². The van der Waals surface area contributed by atoms with E-state index < -0.39 is 24.7 Å². The molecule has 1 rings (SSSR count). The number of hydrogen-bond acceptors (Lipinski definition) is 2. The normalized spacial score (nSPS) is 11.0. The highest BCUT2D eigenvalue weighted by molar-refractivity contribution is 5.91. The molecule has 0 bridgehead atoms. The number of alkyl halides is 3. The number of para-hydroxylation sites is 1. The summed E-state index contributed by atoms with van der Waals surface area (Å²) < 4.78 is 37.0. The molecular formula is C13H15F3N2O3. The summed E-state index contributed by atoms with van der Waals surface area (Å²) in [7, 11) is 0. The number of nitrogens with one attached hydrogen (secondary N) is 1. The number of carbonyl (C=O) groups is 2. The highest BCUT2D eigenvalue weighted by Crippen LogP contribution is 2.19. The number of aliphatic carboxylic acids is 1. The molecule has 0 aliphatic carbocycles. The van der Waals surface area contributed by atoms with Gasteiger partial charge in [0, 0.05) is 12.2 Å². The minimum absolute atomic E-state index is 0.119. The molecule has 116 valence electrons. The summed E-state index contributed by atoms with van der Waals surface area (Å²) in [6.07, 6.45) is -4.82. The molecular weight excluding hydrogens is 289 g/mol. The second-order valence-electron chi connectivity index (χ2n) is 4.29. The lowest BCUT2D eigenvalue weighted by Crippen LogP contribution is -2.41. The second kappa shape index (κ2) is 6.96. The van der Waals surface area contributed by atoms with E-state index in [4.69, 9.17) is 5.11 Å². The number of hydrogen-bond donors (Lipinski definition) is 2. The molecule has 0 saturated heterocycles. The lowest BCUT2D eigenvalue weighted by Gasteiger charge is -2.23. The number of nitrogens with zero attached hydrogens (tertiary/aromatic N) is 1.